The van der Waals surface area contributed by atoms with E-state index in [4.69, 9.17) is 0 Å². The monoisotopic (exact) mass is 273 g/mol. The Morgan fingerprint density at radius 2 is 1.95 bits per heavy atom. The van der Waals surface area contributed by atoms with E-state index in [1.165, 1.54) is 7.05 Å². The van der Waals surface area contributed by atoms with Crippen LogP contribution in [0.4, 0.5) is 14.5 Å². The van der Waals surface area contributed by atoms with E-state index in [2.05, 4.69) is 5.32 Å². The minimum Gasteiger partial charge on any atom is -0.358 e. The number of nitrogens with zero attached hydrogens (tertiary/aromatic N) is 1. The molecule has 1 rings (SSSR count). The second-order valence-electron chi connectivity index (χ2n) is 3.40. The number of nitrogens with one attached hydrogen (secondary N) is 2. The van der Waals surface area contributed by atoms with Crippen LogP contribution in [0.15, 0.2) is 12.1 Å². The number of amides is 2. The minimum atomic E-state index is -1.34. The number of hydrogen-bond acceptors (Lipinski definition) is 4. The van der Waals surface area contributed by atoms with E-state index in [9.17, 15) is 28.5 Å². The van der Waals surface area contributed by atoms with E-state index >= 15 is 0 Å². The number of hydrogen-bond donors (Lipinski definition) is 2. The Kier molecular flexibility index (Phi) is 4.46. The first-order valence-corrected chi connectivity index (χ1v) is 4.99. The lowest BCUT2D eigenvalue weighted by Crippen LogP contribution is -2.35. The van der Waals surface area contributed by atoms with Gasteiger partial charge in [0.15, 0.2) is 0 Å². The number of likely N-dealkylation sites (N-methyl/N-ethyl adjacent to an activating group) is 1. The number of carbonyl (C=O) groups excluding carboxylic acids is 2. The molecule has 1 aromatic carbocycles. The molecular formula is C10H9F2N3O4. The normalized spacial score (nSPS) is 9.84. The molecule has 0 unspecified atom stereocenters. The third-order valence-corrected chi connectivity index (χ3v) is 2.17. The molecule has 0 fully saturated rings. The summed E-state index contributed by atoms with van der Waals surface area (Å²) in [6.45, 7) is -0.423. The average Bonchev–Trinajstić information content (AvgIpc) is 2.37. The van der Waals surface area contributed by atoms with E-state index in [0.717, 1.165) is 0 Å². The Bertz CT molecular complexity index is 548. The van der Waals surface area contributed by atoms with Gasteiger partial charge in [-0.1, -0.05) is 0 Å². The lowest BCUT2D eigenvalue weighted by molar-refractivity contribution is -0.387. The van der Waals surface area contributed by atoms with Gasteiger partial charge >= 0.3 is 5.69 Å². The van der Waals surface area contributed by atoms with Crippen molar-refractivity contribution in [1.29, 1.82) is 0 Å². The maximum Gasteiger partial charge on any atom is 0.307 e. The van der Waals surface area contributed by atoms with Crippen molar-refractivity contribution >= 4 is 17.5 Å². The molecule has 0 saturated heterocycles. The molecule has 0 heterocycles. The van der Waals surface area contributed by atoms with E-state index in [1.54, 1.807) is 0 Å². The summed E-state index contributed by atoms with van der Waals surface area (Å²) in [4.78, 5) is 31.6. The summed E-state index contributed by atoms with van der Waals surface area (Å²) in [5.74, 6) is -4.16. The molecule has 0 saturated carbocycles. The Morgan fingerprint density at radius 1 is 1.32 bits per heavy atom. The van der Waals surface area contributed by atoms with E-state index < -0.39 is 46.2 Å². The topological polar surface area (TPSA) is 101 Å². The first-order valence-electron chi connectivity index (χ1n) is 4.99. The zero-order valence-corrected chi connectivity index (χ0v) is 9.70. The van der Waals surface area contributed by atoms with E-state index in [-0.39, 0.29) is 0 Å². The van der Waals surface area contributed by atoms with Gasteiger partial charge in [-0.05, 0) is 6.07 Å². The number of carbonyl (C=O) groups is 2. The van der Waals surface area contributed by atoms with Crippen molar-refractivity contribution in [2.45, 2.75) is 0 Å². The quantitative estimate of drug-likeness (QED) is 0.610. The van der Waals surface area contributed by atoms with Crippen molar-refractivity contribution in [2.24, 2.45) is 0 Å². The second kappa shape index (κ2) is 5.85. The summed E-state index contributed by atoms with van der Waals surface area (Å²) < 4.78 is 26.7. The molecule has 9 heteroatoms. The number of rotatable bonds is 4. The van der Waals surface area contributed by atoms with Crippen LogP contribution >= 0.6 is 0 Å². The van der Waals surface area contributed by atoms with Gasteiger partial charge in [0, 0.05) is 7.05 Å². The molecule has 0 spiro atoms. The van der Waals surface area contributed by atoms with Gasteiger partial charge in [0.25, 0.3) is 5.91 Å². The lowest BCUT2D eigenvalue weighted by Gasteiger charge is -2.05. The molecule has 0 atom stereocenters. The predicted molar refractivity (Wildman–Crippen MR) is 59.4 cm³/mol. The van der Waals surface area contributed by atoms with Crippen LogP contribution in [0.2, 0.25) is 0 Å². The molecule has 0 aliphatic rings. The minimum absolute atomic E-state index is 0.310. The number of nitro groups is 1. The van der Waals surface area contributed by atoms with Crippen LogP contribution in [0.5, 0.6) is 0 Å². The Morgan fingerprint density at radius 3 is 2.47 bits per heavy atom. The van der Waals surface area contributed by atoms with Crippen LogP contribution in [-0.2, 0) is 4.79 Å². The first-order chi connectivity index (χ1) is 8.86. The zero-order valence-electron chi connectivity index (χ0n) is 9.70. The molecule has 0 bridgehead atoms. The standard InChI is InChI=1S/C10H9F2N3O4/c1-13-9(16)4-14-10(17)5-2-7(12)8(15(18)19)3-6(5)11/h2-3H,4H2,1H3,(H,13,16)(H,14,17). The molecule has 2 amide bonds. The van der Waals surface area contributed by atoms with Crippen molar-refractivity contribution in [2.75, 3.05) is 13.6 Å². The SMILES string of the molecule is CNC(=O)CNC(=O)c1cc(F)c([N+](=O)[O-])cc1F. The van der Waals surface area contributed by atoms with Crippen LogP contribution in [0, 0.1) is 21.7 Å². The maximum absolute atomic E-state index is 13.4. The fourth-order valence-electron chi connectivity index (χ4n) is 1.19. The highest BCUT2D eigenvalue weighted by Gasteiger charge is 2.22. The van der Waals surface area contributed by atoms with Crippen LogP contribution in [0.25, 0.3) is 0 Å². The number of nitro benzene ring substituents is 1. The third kappa shape index (κ3) is 3.44. The second-order valence-corrected chi connectivity index (χ2v) is 3.40. The molecule has 0 radical (unpaired) electrons. The summed E-state index contributed by atoms with van der Waals surface area (Å²) in [6.07, 6.45) is 0. The zero-order chi connectivity index (χ0) is 14.6. The molecular weight excluding hydrogens is 264 g/mol. The molecule has 0 aliphatic carbocycles. The summed E-state index contributed by atoms with van der Waals surface area (Å²) in [6, 6.07) is 0.719. The van der Waals surface area contributed by atoms with Crippen LogP contribution < -0.4 is 10.6 Å². The third-order valence-electron chi connectivity index (χ3n) is 2.17. The highest BCUT2D eigenvalue weighted by Crippen LogP contribution is 2.21. The van der Waals surface area contributed by atoms with Gasteiger partial charge in [0.05, 0.1) is 23.1 Å². The molecule has 19 heavy (non-hydrogen) atoms. The van der Waals surface area contributed by atoms with Gasteiger partial charge in [-0.15, -0.1) is 0 Å². The summed E-state index contributed by atoms with van der Waals surface area (Å²) in [5.41, 5.74) is -1.78. The maximum atomic E-state index is 13.4. The van der Waals surface area contributed by atoms with Crippen LogP contribution in [0.3, 0.4) is 0 Å². The summed E-state index contributed by atoms with van der Waals surface area (Å²) in [5, 5.41) is 14.6. The molecule has 7 nitrogen and oxygen atoms in total. The van der Waals surface area contributed by atoms with Gasteiger partial charge in [-0.3, -0.25) is 19.7 Å². The fourth-order valence-corrected chi connectivity index (χ4v) is 1.19. The van der Waals surface area contributed by atoms with E-state index in [1.807, 2.05) is 5.32 Å². The van der Waals surface area contributed by atoms with Crippen LogP contribution in [-0.4, -0.2) is 30.3 Å². The fraction of sp³-hybridized carbons (Fsp3) is 0.200. The van der Waals surface area contributed by atoms with E-state index in [0.29, 0.717) is 12.1 Å². The Hall–Kier alpha value is -2.58. The van der Waals surface area contributed by atoms with Gasteiger partial charge < -0.3 is 10.6 Å². The van der Waals surface area contributed by atoms with Crippen molar-refractivity contribution in [3.8, 4) is 0 Å². The Balaban J connectivity index is 2.95. The first kappa shape index (κ1) is 14.5. The smallest absolute Gasteiger partial charge is 0.307 e. The number of benzene rings is 1. The summed E-state index contributed by atoms with van der Waals surface area (Å²) in [7, 11) is 1.33. The molecule has 1 aromatic rings. The average molecular weight is 273 g/mol. The van der Waals surface area contributed by atoms with Gasteiger partial charge in [0.2, 0.25) is 11.7 Å². The predicted octanol–water partition coefficient (Wildman–Crippen LogP) is 0.349. The van der Waals surface area contributed by atoms with Gasteiger partial charge in [0.1, 0.15) is 5.82 Å². The lowest BCUT2D eigenvalue weighted by atomic mass is 10.1. The highest BCUT2D eigenvalue weighted by molar-refractivity contribution is 5.96. The van der Waals surface area contributed by atoms with Gasteiger partial charge in [-0.25, -0.2) is 4.39 Å². The van der Waals surface area contributed by atoms with Crippen molar-refractivity contribution in [3.05, 3.63) is 39.4 Å². The van der Waals surface area contributed by atoms with Crippen molar-refractivity contribution < 1.29 is 23.3 Å². The summed E-state index contributed by atoms with van der Waals surface area (Å²) >= 11 is 0. The molecule has 102 valence electrons. The molecule has 0 aromatic heterocycles. The molecule has 0 aliphatic heterocycles. The van der Waals surface area contributed by atoms with Crippen molar-refractivity contribution in [1.82, 2.24) is 10.6 Å². The number of halogens is 2. The van der Waals surface area contributed by atoms with Crippen molar-refractivity contribution in [3.63, 3.8) is 0 Å². The van der Waals surface area contributed by atoms with Gasteiger partial charge in [-0.2, -0.15) is 4.39 Å². The van der Waals surface area contributed by atoms with Crippen LogP contribution in [0.1, 0.15) is 10.4 Å². The largest absolute Gasteiger partial charge is 0.358 e. The Labute approximate surface area is 105 Å². The highest BCUT2D eigenvalue weighted by atomic mass is 19.1. The molecule has 2 N–H and O–H groups in total.